The highest BCUT2D eigenvalue weighted by atomic mass is 16.6. The first-order valence-electron chi connectivity index (χ1n) is 12.1. The zero-order valence-electron chi connectivity index (χ0n) is 21.5. The summed E-state index contributed by atoms with van der Waals surface area (Å²) in [6.45, 7) is 3.12. The molecule has 0 bridgehead atoms. The van der Waals surface area contributed by atoms with Gasteiger partial charge in [-0.1, -0.05) is 24.3 Å². The van der Waals surface area contributed by atoms with Crippen molar-refractivity contribution >= 4 is 23.1 Å². The average Bonchev–Trinajstić information content (AvgIpc) is 3.16. The zero-order chi connectivity index (χ0) is 27.4. The number of ether oxygens (including phenoxy) is 1. The van der Waals surface area contributed by atoms with Crippen molar-refractivity contribution in [2.75, 3.05) is 27.2 Å². The van der Waals surface area contributed by atoms with Gasteiger partial charge < -0.3 is 19.6 Å². The van der Waals surface area contributed by atoms with Gasteiger partial charge in [0, 0.05) is 30.8 Å². The predicted molar refractivity (Wildman–Crippen MR) is 143 cm³/mol. The Kier molecular flexibility index (Phi) is 7.87. The van der Waals surface area contributed by atoms with E-state index in [1.807, 2.05) is 50.2 Å². The van der Waals surface area contributed by atoms with E-state index in [0.717, 1.165) is 11.1 Å². The molecule has 9 nitrogen and oxygen atoms in total. The normalized spacial score (nSPS) is 16.7. The largest absolute Gasteiger partial charge is 0.507 e. The van der Waals surface area contributed by atoms with Crippen LogP contribution in [-0.2, 0) is 16.2 Å². The first kappa shape index (κ1) is 26.6. The molecule has 38 heavy (non-hydrogen) atoms. The van der Waals surface area contributed by atoms with Crippen molar-refractivity contribution in [1.29, 1.82) is 0 Å². The van der Waals surface area contributed by atoms with Crippen LogP contribution < -0.4 is 4.74 Å². The number of likely N-dealkylation sites (N-methyl/N-ethyl adjacent to an activating group) is 1. The van der Waals surface area contributed by atoms with Crippen LogP contribution in [0.15, 0.2) is 78.4 Å². The number of nitrogens with zero attached hydrogens (tertiary/aromatic N) is 3. The predicted octanol–water partition coefficient (Wildman–Crippen LogP) is 4.47. The SMILES string of the molecule is Cc1ccccc1COc1ccc(C(O)=C2C(=O)C(=O)N(CCN(C)C)C2c2ccc([N+](=O)[O-])cc2)cc1. The summed E-state index contributed by atoms with van der Waals surface area (Å²) in [5.41, 5.74) is 2.85. The molecule has 1 unspecified atom stereocenters. The quantitative estimate of drug-likeness (QED) is 0.147. The van der Waals surface area contributed by atoms with Crippen LogP contribution in [0.5, 0.6) is 5.75 Å². The molecule has 196 valence electrons. The number of hydrogen-bond acceptors (Lipinski definition) is 7. The van der Waals surface area contributed by atoms with Crippen LogP contribution in [-0.4, -0.2) is 58.7 Å². The van der Waals surface area contributed by atoms with Gasteiger partial charge in [-0.15, -0.1) is 0 Å². The molecule has 1 heterocycles. The molecule has 0 saturated carbocycles. The molecule has 1 fully saturated rings. The summed E-state index contributed by atoms with van der Waals surface area (Å²) in [7, 11) is 3.69. The smallest absolute Gasteiger partial charge is 0.295 e. The number of nitro groups is 1. The monoisotopic (exact) mass is 515 g/mol. The number of benzene rings is 3. The Morgan fingerprint density at radius 1 is 1.03 bits per heavy atom. The lowest BCUT2D eigenvalue weighted by Crippen LogP contribution is -2.35. The number of non-ortho nitro benzene ring substituents is 1. The number of aryl methyl sites for hydroxylation is 1. The van der Waals surface area contributed by atoms with E-state index in [1.165, 1.54) is 29.2 Å². The maximum Gasteiger partial charge on any atom is 0.295 e. The molecule has 1 amide bonds. The van der Waals surface area contributed by atoms with Crippen molar-refractivity contribution in [3.8, 4) is 5.75 Å². The van der Waals surface area contributed by atoms with Gasteiger partial charge in [0.25, 0.3) is 17.4 Å². The number of hydrogen-bond donors (Lipinski definition) is 1. The Hall–Kier alpha value is -4.50. The lowest BCUT2D eigenvalue weighted by atomic mass is 9.95. The van der Waals surface area contributed by atoms with E-state index in [1.54, 1.807) is 24.3 Å². The summed E-state index contributed by atoms with van der Waals surface area (Å²) < 4.78 is 5.88. The fourth-order valence-corrected chi connectivity index (χ4v) is 4.34. The summed E-state index contributed by atoms with van der Waals surface area (Å²) >= 11 is 0. The second-order valence-corrected chi connectivity index (χ2v) is 9.38. The Morgan fingerprint density at radius 2 is 1.68 bits per heavy atom. The van der Waals surface area contributed by atoms with Gasteiger partial charge in [0.1, 0.15) is 18.1 Å². The first-order valence-corrected chi connectivity index (χ1v) is 12.1. The van der Waals surface area contributed by atoms with Gasteiger partial charge in [0.05, 0.1) is 16.5 Å². The number of ketones is 1. The van der Waals surface area contributed by atoms with E-state index in [0.29, 0.717) is 30.0 Å². The highest BCUT2D eigenvalue weighted by Crippen LogP contribution is 2.39. The van der Waals surface area contributed by atoms with Gasteiger partial charge in [-0.3, -0.25) is 19.7 Å². The molecule has 3 aromatic rings. The Balaban J connectivity index is 1.66. The third kappa shape index (κ3) is 5.57. The standard InChI is InChI=1S/C29H29N3O6/c1-19-6-4-5-7-22(19)18-38-24-14-10-21(11-15-24)27(33)25-26(20-8-12-23(13-9-20)32(36)37)31(17-16-30(2)3)29(35)28(25)34/h4-15,26,33H,16-18H2,1-3H3. The highest BCUT2D eigenvalue weighted by molar-refractivity contribution is 6.46. The number of likely N-dealkylation sites (tertiary alicyclic amines) is 1. The second kappa shape index (κ2) is 11.3. The maximum atomic E-state index is 13.1. The molecule has 1 aliphatic rings. The van der Waals surface area contributed by atoms with Gasteiger partial charge in [0.2, 0.25) is 0 Å². The van der Waals surface area contributed by atoms with E-state index in [2.05, 4.69) is 0 Å². The van der Waals surface area contributed by atoms with Crippen LogP contribution in [0.4, 0.5) is 5.69 Å². The maximum absolute atomic E-state index is 13.1. The molecule has 0 spiro atoms. The minimum absolute atomic E-state index is 0.0591. The second-order valence-electron chi connectivity index (χ2n) is 9.38. The lowest BCUT2D eigenvalue weighted by molar-refractivity contribution is -0.384. The summed E-state index contributed by atoms with van der Waals surface area (Å²) in [4.78, 5) is 40.0. The molecule has 0 aliphatic carbocycles. The average molecular weight is 516 g/mol. The number of nitro benzene ring substituents is 1. The Labute approximate surface area is 220 Å². The van der Waals surface area contributed by atoms with Gasteiger partial charge in [-0.05, 0) is 74.1 Å². The lowest BCUT2D eigenvalue weighted by Gasteiger charge is -2.26. The molecule has 1 N–H and O–H groups in total. The third-order valence-electron chi connectivity index (χ3n) is 6.53. The number of carbonyl (C=O) groups is 2. The van der Waals surface area contributed by atoms with Crippen molar-refractivity contribution in [2.24, 2.45) is 0 Å². The summed E-state index contributed by atoms with van der Waals surface area (Å²) in [6.07, 6.45) is 0. The van der Waals surface area contributed by atoms with Crippen LogP contribution in [0.2, 0.25) is 0 Å². The summed E-state index contributed by atoms with van der Waals surface area (Å²) in [5, 5.41) is 22.4. The van der Waals surface area contributed by atoms with E-state index in [-0.39, 0.29) is 23.6 Å². The number of aliphatic hydroxyl groups excluding tert-OH is 1. The Morgan fingerprint density at radius 3 is 2.29 bits per heavy atom. The van der Waals surface area contributed by atoms with Crippen LogP contribution in [0.1, 0.15) is 28.3 Å². The van der Waals surface area contributed by atoms with E-state index in [4.69, 9.17) is 4.74 Å². The molecule has 0 radical (unpaired) electrons. The number of rotatable bonds is 9. The van der Waals surface area contributed by atoms with Crippen molar-refractivity contribution in [1.82, 2.24) is 9.80 Å². The van der Waals surface area contributed by atoms with Gasteiger partial charge in [0.15, 0.2) is 0 Å². The van der Waals surface area contributed by atoms with E-state index < -0.39 is 22.7 Å². The number of amides is 1. The van der Waals surface area contributed by atoms with Crippen molar-refractivity contribution < 1.29 is 24.4 Å². The molecule has 1 saturated heterocycles. The molecule has 0 aromatic heterocycles. The fraction of sp³-hybridized carbons (Fsp3) is 0.241. The number of Topliss-reactive ketones (excluding diaryl/α,β-unsaturated/α-hetero) is 1. The molecule has 3 aromatic carbocycles. The molecule has 9 heteroatoms. The zero-order valence-corrected chi connectivity index (χ0v) is 21.5. The van der Waals surface area contributed by atoms with Gasteiger partial charge in [-0.25, -0.2) is 0 Å². The molecular weight excluding hydrogens is 486 g/mol. The summed E-state index contributed by atoms with van der Waals surface area (Å²) in [6, 6.07) is 19.3. The summed E-state index contributed by atoms with van der Waals surface area (Å²) in [5.74, 6) is -1.26. The van der Waals surface area contributed by atoms with Crippen LogP contribution in [0, 0.1) is 17.0 Å². The topological polar surface area (TPSA) is 113 Å². The first-order chi connectivity index (χ1) is 18.2. The third-order valence-corrected chi connectivity index (χ3v) is 6.53. The fourth-order valence-electron chi connectivity index (χ4n) is 4.34. The molecule has 4 rings (SSSR count). The number of carbonyl (C=O) groups excluding carboxylic acids is 2. The van der Waals surface area contributed by atoms with Gasteiger partial charge >= 0.3 is 0 Å². The van der Waals surface area contributed by atoms with Crippen LogP contribution >= 0.6 is 0 Å². The highest BCUT2D eigenvalue weighted by Gasteiger charge is 2.46. The minimum atomic E-state index is -0.882. The van der Waals surface area contributed by atoms with Crippen molar-refractivity contribution in [2.45, 2.75) is 19.6 Å². The van der Waals surface area contributed by atoms with Gasteiger partial charge in [-0.2, -0.15) is 0 Å². The molecule has 1 aliphatic heterocycles. The van der Waals surface area contributed by atoms with E-state index in [9.17, 15) is 24.8 Å². The Bertz CT molecular complexity index is 1380. The van der Waals surface area contributed by atoms with Crippen molar-refractivity contribution in [3.63, 3.8) is 0 Å². The number of aliphatic hydroxyl groups is 1. The molecular formula is C29H29N3O6. The van der Waals surface area contributed by atoms with Crippen LogP contribution in [0.25, 0.3) is 5.76 Å². The van der Waals surface area contributed by atoms with E-state index >= 15 is 0 Å². The minimum Gasteiger partial charge on any atom is -0.507 e. The van der Waals surface area contributed by atoms with Crippen molar-refractivity contribution in [3.05, 3.63) is 111 Å². The molecule has 1 atom stereocenters. The van der Waals surface area contributed by atoms with Crippen LogP contribution in [0.3, 0.4) is 0 Å².